The molecule has 1 unspecified atom stereocenters. The quantitative estimate of drug-likeness (QED) is 0.884. The molecule has 21 heavy (non-hydrogen) atoms. The van der Waals surface area contributed by atoms with E-state index in [1.54, 1.807) is 6.07 Å². The van der Waals surface area contributed by atoms with E-state index in [2.05, 4.69) is 0 Å². The first-order valence-electron chi connectivity index (χ1n) is 6.77. The number of thiophene rings is 1. The maximum Gasteiger partial charge on any atom is 0.337 e. The number of sulfonamides is 1. The third-order valence-electron chi connectivity index (χ3n) is 4.15. The number of nitrogens with zero attached hydrogens (tertiary/aromatic N) is 1. The molecule has 1 aliphatic heterocycles. The van der Waals surface area contributed by atoms with Crippen LogP contribution in [0.3, 0.4) is 0 Å². The molecule has 0 aromatic carbocycles. The number of ether oxygens (including phenoxy) is 1. The first-order chi connectivity index (χ1) is 9.89. The van der Waals surface area contributed by atoms with Gasteiger partial charge < -0.3 is 9.84 Å². The molecule has 1 saturated carbocycles. The summed E-state index contributed by atoms with van der Waals surface area (Å²) in [5.74, 6) is -0.609. The third kappa shape index (κ3) is 2.50. The summed E-state index contributed by atoms with van der Waals surface area (Å²) in [6, 6.07) is 3.49. The van der Waals surface area contributed by atoms with E-state index < -0.39 is 21.6 Å². The standard InChI is InChI=1S/C13H17NO5S2/c1-19-13(12(15)16)6-7-14(8-13)21(17,18)11-5-4-10(20-11)9-2-3-9/h4-5,9H,2-3,6-8H2,1H3,(H,15,16). The minimum Gasteiger partial charge on any atom is -0.479 e. The van der Waals surface area contributed by atoms with Gasteiger partial charge in [0.2, 0.25) is 0 Å². The molecule has 1 aliphatic carbocycles. The molecule has 1 N–H and O–H groups in total. The zero-order valence-corrected chi connectivity index (χ0v) is 13.2. The van der Waals surface area contributed by atoms with Gasteiger partial charge in [0.05, 0.1) is 6.54 Å². The van der Waals surface area contributed by atoms with E-state index in [9.17, 15) is 18.3 Å². The van der Waals surface area contributed by atoms with Gasteiger partial charge in [0.25, 0.3) is 10.0 Å². The van der Waals surface area contributed by atoms with Gasteiger partial charge in [-0.25, -0.2) is 13.2 Å². The second kappa shape index (κ2) is 5.05. The molecule has 8 heteroatoms. The minimum atomic E-state index is -3.63. The van der Waals surface area contributed by atoms with Crippen molar-refractivity contribution in [2.75, 3.05) is 20.2 Å². The van der Waals surface area contributed by atoms with E-state index in [1.165, 1.54) is 22.8 Å². The summed E-state index contributed by atoms with van der Waals surface area (Å²) < 4.78 is 31.8. The van der Waals surface area contributed by atoms with Crippen LogP contribution in [0.5, 0.6) is 0 Å². The number of carboxylic acids is 1. The molecule has 1 saturated heterocycles. The minimum absolute atomic E-state index is 0.141. The summed E-state index contributed by atoms with van der Waals surface area (Å²) in [6.45, 7) is 0.0248. The van der Waals surface area contributed by atoms with Gasteiger partial charge in [-0.2, -0.15) is 4.31 Å². The first-order valence-corrected chi connectivity index (χ1v) is 9.03. The molecule has 6 nitrogen and oxygen atoms in total. The van der Waals surface area contributed by atoms with Gasteiger partial charge in [-0.15, -0.1) is 11.3 Å². The Morgan fingerprint density at radius 3 is 2.71 bits per heavy atom. The Morgan fingerprint density at radius 2 is 2.19 bits per heavy atom. The Bertz CT molecular complexity index is 664. The molecule has 1 atom stereocenters. The monoisotopic (exact) mass is 331 g/mol. The van der Waals surface area contributed by atoms with Crippen LogP contribution in [0, 0.1) is 0 Å². The molecule has 0 radical (unpaired) electrons. The highest BCUT2D eigenvalue weighted by Gasteiger charge is 2.49. The number of rotatable bonds is 5. The lowest BCUT2D eigenvalue weighted by atomic mass is 10.0. The van der Waals surface area contributed by atoms with Gasteiger partial charge in [-0.1, -0.05) is 0 Å². The Hall–Kier alpha value is -0.960. The van der Waals surface area contributed by atoms with Crippen LogP contribution in [-0.4, -0.2) is 49.6 Å². The lowest BCUT2D eigenvalue weighted by Crippen LogP contribution is -2.44. The van der Waals surface area contributed by atoms with Crippen LogP contribution >= 0.6 is 11.3 Å². The summed E-state index contributed by atoms with van der Waals surface area (Å²) in [4.78, 5) is 12.4. The molecule has 1 aromatic heterocycles. The number of carboxylic acid groups (broad SMARTS) is 1. The van der Waals surface area contributed by atoms with Crippen LogP contribution in [-0.2, 0) is 19.6 Å². The third-order valence-corrected chi connectivity index (χ3v) is 7.71. The molecule has 3 rings (SSSR count). The first kappa shape index (κ1) is 15.0. The zero-order valence-electron chi connectivity index (χ0n) is 11.6. The predicted molar refractivity (Wildman–Crippen MR) is 77.0 cm³/mol. The van der Waals surface area contributed by atoms with Crippen LogP contribution in [0.4, 0.5) is 0 Å². The summed E-state index contributed by atoms with van der Waals surface area (Å²) in [7, 11) is -2.32. The molecule has 0 amide bonds. The average molecular weight is 331 g/mol. The Morgan fingerprint density at radius 1 is 1.48 bits per heavy atom. The van der Waals surface area contributed by atoms with Gasteiger partial charge in [0.15, 0.2) is 5.60 Å². The molecule has 2 heterocycles. The smallest absolute Gasteiger partial charge is 0.337 e. The van der Waals surface area contributed by atoms with E-state index in [0.29, 0.717) is 10.1 Å². The molecule has 2 fully saturated rings. The summed E-state index contributed by atoms with van der Waals surface area (Å²) in [5.41, 5.74) is -1.43. The largest absolute Gasteiger partial charge is 0.479 e. The van der Waals surface area contributed by atoms with Crippen molar-refractivity contribution in [3.05, 3.63) is 17.0 Å². The molecule has 0 spiro atoms. The average Bonchev–Trinajstić information content (AvgIpc) is 3.02. The van der Waals surface area contributed by atoms with Crippen molar-refractivity contribution in [1.82, 2.24) is 4.31 Å². The van der Waals surface area contributed by atoms with Crippen molar-refractivity contribution >= 4 is 27.3 Å². The van der Waals surface area contributed by atoms with E-state index >= 15 is 0 Å². The number of hydrogen-bond donors (Lipinski definition) is 1. The molecule has 0 bridgehead atoms. The van der Waals surface area contributed by atoms with Crippen molar-refractivity contribution in [2.45, 2.75) is 35.0 Å². The predicted octanol–water partition coefficient (Wildman–Crippen LogP) is 1.49. The summed E-state index contributed by atoms with van der Waals surface area (Å²) >= 11 is 1.30. The van der Waals surface area contributed by atoms with Crippen LogP contribution < -0.4 is 0 Å². The van der Waals surface area contributed by atoms with Crippen LogP contribution in [0.15, 0.2) is 16.3 Å². The van der Waals surface area contributed by atoms with Crippen LogP contribution in [0.2, 0.25) is 0 Å². The molecule has 1 aromatic rings. The molecular weight excluding hydrogens is 314 g/mol. The van der Waals surface area contributed by atoms with Crippen molar-refractivity contribution in [2.24, 2.45) is 0 Å². The molecular formula is C13H17NO5S2. The lowest BCUT2D eigenvalue weighted by Gasteiger charge is -2.22. The number of aliphatic carboxylic acids is 1. The fourth-order valence-corrected chi connectivity index (χ4v) is 5.71. The Kier molecular flexibility index (Phi) is 3.59. The second-order valence-corrected chi connectivity index (χ2v) is 8.80. The number of methoxy groups -OCH3 is 1. The second-order valence-electron chi connectivity index (χ2n) is 5.52. The van der Waals surface area contributed by atoms with Crippen molar-refractivity contribution < 1.29 is 23.1 Å². The van der Waals surface area contributed by atoms with Crippen molar-refractivity contribution in [3.63, 3.8) is 0 Å². The zero-order chi connectivity index (χ0) is 15.3. The maximum absolute atomic E-state index is 12.6. The summed E-state index contributed by atoms with van der Waals surface area (Å²) in [6.07, 6.45) is 2.41. The normalized spacial score (nSPS) is 27.1. The van der Waals surface area contributed by atoms with E-state index in [-0.39, 0.29) is 19.5 Å². The van der Waals surface area contributed by atoms with E-state index in [1.807, 2.05) is 6.07 Å². The van der Waals surface area contributed by atoms with Crippen molar-refractivity contribution in [3.8, 4) is 0 Å². The Balaban J connectivity index is 1.83. The van der Waals surface area contributed by atoms with Gasteiger partial charge >= 0.3 is 5.97 Å². The highest BCUT2D eigenvalue weighted by Crippen LogP contribution is 2.44. The number of carbonyl (C=O) groups is 1. The van der Waals surface area contributed by atoms with Crippen LogP contribution in [0.25, 0.3) is 0 Å². The van der Waals surface area contributed by atoms with Gasteiger partial charge in [0, 0.05) is 25.0 Å². The van der Waals surface area contributed by atoms with Crippen LogP contribution in [0.1, 0.15) is 30.1 Å². The van der Waals surface area contributed by atoms with E-state index in [4.69, 9.17) is 4.74 Å². The maximum atomic E-state index is 12.6. The topological polar surface area (TPSA) is 83.9 Å². The van der Waals surface area contributed by atoms with Crippen molar-refractivity contribution in [1.29, 1.82) is 0 Å². The highest BCUT2D eigenvalue weighted by molar-refractivity contribution is 7.91. The Labute approximate surface area is 127 Å². The fourth-order valence-electron chi connectivity index (χ4n) is 2.57. The SMILES string of the molecule is COC1(C(=O)O)CCN(S(=O)(=O)c2ccc(C3CC3)s2)C1. The lowest BCUT2D eigenvalue weighted by molar-refractivity contribution is -0.160. The van der Waals surface area contributed by atoms with Gasteiger partial charge in [-0.05, 0) is 30.9 Å². The van der Waals surface area contributed by atoms with Gasteiger partial charge in [-0.3, -0.25) is 0 Å². The highest BCUT2D eigenvalue weighted by atomic mass is 32.2. The molecule has 116 valence electrons. The van der Waals surface area contributed by atoms with Gasteiger partial charge in [0.1, 0.15) is 4.21 Å². The number of hydrogen-bond acceptors (Lipinski definition) is 5. The summed E-state index contributed by atoms with van der Waals surface area (Å²) in [5, 5.41) is 9.26. The molecule has 2 aliphatic rings. The van der Waals surface area contributed by atoms with E-state index in [0.717, 1.165) is 17.7 Å². The fraction of sp³-hybridized carbons (Fsp3) is 0.615.